The minimum absolute atomic E-state index is 0.954. The van der Waals surface area contributed by atoms with E-state index in [-0.39, 0.29) is 0 Å². The Kier molecular flexibility index (Phi) is 65.8. The van der Waals surface area contributed by atoms with Crippen molar-refractivity contribution in [2.24, 2.45) is 5.92 Å². The lowest BCUT2D eigenvalue weighted by Gasteiger charge is -2.04. The van der Waals surface area contributed by atoms with Gasteiger partial charge in [0.25, 0.3) is 0 Å². The SMILES string of the molecule is C#C.C=C.CC.CCCCC(C)CC. The van der Waals surface area contributed by atoms with Gasteiger partial charge in [-0.25, -0.2) is 0 Å². The van der Waals surface area contributed by atoms with Crippen LogP contribution in [0, 0.1) is 18.8 Å². The Morgan fingerprint density at radius 3 is 1.64 bits per heavy atom. The van der Waals surface area contributed by atoms with Gasteiger partial charge in [0.05, 0.1) is 0 Å². The largest absolute Gasteiger partial charge is 0.124 e. The van der Waals surface area contributed by atoms with Gasteiger partial charge in [-0.05, 0) is 5.92 Å². The highest BCUT2D eigenvalue weighted by molar-refractivity contribution is 4.48. The van der Waals surface area contributed by atoms with Gasteiger partial charge in [-0.15, -0.1) is 26.0 Å². The monoisotopic (exact) mass is 198 g/mol. The highest BCUT2D eigenvalue weighted by atomic mass is 14.0. The zero-order chi connectivity index (χ0) is 12.4. The third-order valence-corrected chi connectivity index (χ3v) is 1.75. The third kappa shape index (κ3) is 42.7. The van der Waals surface area contributed by atoms with Crippen molar-refractivity contribution < 1.29 is 0 Å². The van der Waals surface area contributed by atoms with E-state index in [1.54, 1.807) is 0 Å². The van der Waals surface area contributed by atoms with Gasteiger partial charge >= 0.3 is 0 Å². The molecule has 0 aromatic heterocycles. The van der Waals surface area contributed by atoms with E-state index < -0.39 is 0 Å². The van der Waals surface area contributed by atoms with Crippen LogP contribution < -0.4 is 0 Å². The molecule has 0 spiro atoms. The second-order valence-electron chi connectivity index (χ2n) is 2.66. The van der Waals surface area contributed by atoms with Crippen LogP contribution in [-0.4, -0.2) is 0 Å². The van der Waals surface area contributed by atoms with Crippen molar-refractivity contribution in [3.63, 3.8) is 0 Å². The number of terminal acetylenes is 1. The summed E-state index contributed by atoms with van der Waals surface area (Å²) < 4.78 is 0. The van der Waals surface area contributed by atoms with Crippen LogP contribution in [0.4, 0.5) is 0 Å². The second kappa shape index (κ2) is 39.6. The summed E-state index contributed by atoms with van der Waals surface area (Å²) in [5, 5.41) is 0. The molecule has 1 atom stereocenters. The summed E-state index contributed by atoms with van der Waals surface area (Å²) in [6.07, 6.45) is 13.5. The summed E-state index contributed by atoms with van der Waals surface area (Å²) >= 11 is 0. The molecule has 0 nitrogen and oxygen atoms in total. The number of hydrogen-bond donors (Lipinski definition) is 0. The van der Waals surface area contributed by atoms with Gasteiger partial charge in [0.15, 0.2) is 0 Å². The molecule has 0 heterocycles. The maximum absolute atomic E-state index is 4.00. The molecule has 0 aromatic rings. The molecule has 0 saturated heterocycles. The summed E-state index contributed by atoms with van der Waals surface area (Å²) in [5.41, 5.74) is 0. The quantitative estimate of drug-likeness (QED) is 0.425. The minimum atomic E-state index is 0.954. The maximum atomic E-state index is 4.00. The predicted octanol–water partition coefficient (Wildman–Crippen LogP) is 5.30. The topological polar surface area (TPSA) is 0 Å². The van der Waals surface area contributed by atoms with Crippen molar-refractivity contribution in [1.82, 2.24) is 0 Å². The van der Waals surface area contributed by atoms with E-state index in [0.29, 0.717) is 0 Å². The van der Waals surface area contributed by atoms with Crippen LogP contribution in [0.3, 0.4) is 0 Å². The zero-order valence-electron chi connectivity index (χ0n) is 11.0. The first kappa shape index (κ1) is 23.3. The lowest BCUT2D eigenvalue weighted by Crippen LogP contribution is -1.89. The first-order valence-corrected chi connectivity index (χ1v) is 5.64. The number of hydrogen-bond acceptors (Lipinski definition) is 0. The predicted molar refractivity (Wildman–Crippen MR) is 71.5 cm³/mol. The normalized spacial score (nSPS) is 8.79. The lowest BCUT2D eigenvalue weighted by atomic mass is 10.0. The minimum Gasteiger partial charge on any atom is -0.124 e. The zero-order valence-corrected chi connectivity index (χ0v) is 11.0. The van der Waals surface area contributed by atoms with Crippen LogP contribution in [0.5, 0.6) is 0 Å². The molecule has 86 valence electrons. The van der Waals surface area contributed by atoms with Crippen molar-refractivity contribution in [2.45, 2.75) is 60.3 Å². The third-order valence-electron chi connectivity index (χ3n) is 1.75. The molecule has 0 aliphatic rings. The highest BCUT2D eigenvalue weighted by Gasteiger charge is 1.94. The molecule has 0 fully saturated rings. The van der Waals surface area contributed by atoms with Crippen LogP contribution in [-0.2, 0) is 0 Å². The molecule has 0 aliphatic heterocycles. The van der Waals surface area contributed by atoms with Gasteiger partial charge in [-0.2, -0.15) is 0 Å². The maximum Gasteiger partial charge on any atom is -0.0445 e. The van der Waals surface area contributed by atoms with E-state index in [9.17, 15) is 0 Å². The Hall–Kier alpha value is -0.700. The number of rotatable bonds is 4. The molecule has 0 heteroatoms. The van der Waals surface area contributed by atoms with Crippen molar-refractivity contribution in [1.29, 1.82) is 0 Å². The average molecular weight is 198 g/mol. The molecule has 0 amide bonds. The van der Waals surface area contributed by atoms with Gasteiger partial charge in [0.1, 0.15) is 0 Å². The van der Waals surface area contributed by atoms with Crippen LogP contribution in [0.2, 0.25) is 0 Å². The van der Waals surface area contributed by atoms with Crippen LogP contribution in [0.25, 0.3) is 0 Å². The van der Waals surface area contributed by atoms with E-state index in [1.807, 2.05) is 13.8 Å². The summed E-state index contributed by atoms with van der Waals surface area (Å²) in [7, 11) is 0. The number of unbranched alkanes of at least 4 members (excludes halogenated alkanes) is 1. The Labute approximate surface area is 92.8 Å². The smallest absolute Gasteiger partial charge is 0.0445 e. The molecule has 0 N–H and O–H groups in total. The Morgan fingerprint density at radius 2 is 1.43 bits per heavy atom. The lowest BCUT2D eigenvalue weighted by molar-refractivity contribution is 0.492. The van der Waals surface area contributed by atoms with E-state index >= 15 is 0 Å². The molecule has 0 aliphatic carbocycles. The Balaban J connectivity index is -0.0000000708. The Bertz CT molecular complexity index is 71.4. The standard InChI is InChI=1S/C8H18.C2H6.C2H4.C2H2/c1-4-6-7-8(3)5-2;3*1-2/h8H,4-7H2,1-3H3;1-2H3;1-2H2;1-2H. The fraction of sp³-hybridized carbons (Fsp3) is 0.714. The first-order valence-electron chi connectivity index (χ1n) is 5.64. The summed E-state index contributed by atoms with van der Waals surface area (Å²) in [5.74, 6) is 0.954. The van der Waals surface area contributed by atoms with E-state index in [0.717, 1.165) is 5.92 Å². The van der Waals surface area contributed by atoms with Crippen molar-refractivity contribution in [3.05, 3.63) is 13.2 Å². The summed E-state index contributed by atoms with van der Waals surface area (Å²) in [6.45, 7) is 16.8. The second-order valence-corrected chi connectivity index (χ2v) is 2.66. The van der Waals surface area contributed by atoms with E-state index in [1.165, 1.54) is 25.7 Å². The molecular weight excluding hydrogens is 168 g/mol. The fourth-order valence-corrected chi connectivity index (χ4v) is 0.757. The molecule has 0 bridgehead atoms. The highest BCUT2D eigenvalue weighted by Crippen LogP contribution is 2.09. The Morgan fingerprint density at radius 1 is 1.07 bits per heavy atom. The van der Waals surface area contributed by atoms with E-state index in [4.69, 9.17) is 0 Å². The van der Waals surface area contributed by atoms with Crippen LogP contribution in [0.15, 0.2) is 13.2 Å². The summed E-state index contributed by atoms with van der Waals surface area (Å²) in [6, 6.07) is 0. The average Bonchev–Trinajstić information content (AvgIpc) is 2.33. The van der Waals surface area contributed by atoms with Gasteiger partial charge < -0.3 is 0 Å². The van der Waals surface area contributed by atoms with Gasteiger partial charge in [-0.1, -0.05) is 60.3 Å². The van der Waals surface area contributed by atoms with Crippen LogP contribution >= 0.6 is 0 Å². The molecule has 0 rings (SSSR count). The van der Waals surface area contributed by atoms with Crippen molar-refractivity contribution in [2.75, 3.05) is 0 Å². The first-order chi connectivity index (χ1) is 6.81. The molecule has 14 heavy (non-hydrogen) atoms. The van der Waals surface area contributed by atoms with Crippen LogP contribution in [0.1, 0.15) is 60.3 Å². The van der Waals surface area contributed by atoms with Gasteiger partial charge in [0.2, 0.25) is 0 Å². The van der Waals surface area contributed by atoms with Gasteiger partial charge in [-0.3, -0.25) is 0 Å². The molecular formula is C14H30. The van der Waals surface area contributed by atoms with Gasteiger partial charge in [0, 0.05) is 0 Å². The molecule has 0 radical (unpaired) electrons. The molecule has 0 aromatic carbocycles. The molecule has 1 unspecified atom stereocenters. The fourth-order valence-electron chi connectivity index (χ4n) is 0.757. The molecule has 0 saturated carbocycles. The van der Waals surface area contributed by atoms with Crippen molar-refractivity contribution >= 4 is 0 Å². The van der Waals surface area contributed by atoms with Crippen molar-refractivity contribution in [3.8, 4) is 12.8 Å². The summed E-state index contributed by atoms with van der Waals surface area (Å²) in [4.78, 5) is 0. The van der Waals surface area contributed by atoms with E-state index in [2.05, 4.69) is 46.8 Å².